The molecule has 0 aliphatic heterocycles. The summed E-state index contributed by atoms with van der Waals surface area (Å²) in [5.41, 5.74) is 0. The summed E-state index contributed by atoms with van der Waals surface area (Å²) >= 11 is 1.50. The van der Waals surface area contributed by atoms with Gasteiger partial charge in [0.2, 0.25) is 5.88 Å². The van der Waals surface area contributed by atoms with Gasteiger partial charge < -0.3 is 9.15 Å². The van der Waals surface area contributed by atoms with Gasteiger partial charge in [-0.05, 0) is 12.1 Å². The lowest BCUT2D eigenvalue weighted by atomic mass is 10.5. The summed E-state index contributed by atoms with van der Waals surface area (Å²) in [7, 11) is 1.60. The molecule has 0 fully saturated rings. The van der Waals surface area contributed by atoms with E-state index in [1.54, 1.807) is 13.4 Å². The highest BCUT2D eigenvalue weighted by Crippen LogP contribution is 2.26. The molecule has 12 heavy (non-hydrogen) atoms. The van der Waals surface area contributed by atoms with E-state index < -0.39 is 0 Å². The van der Waals surface area contributed by atoms with Crippen LogP contribution in [0, 0.1) is 0 Å². The molecule has 0 aliphatic rings. The SMILES string of the molecule is COc1csc(-c2ccco2)n1. The third-order valence-electron chi connectivity index (χ3n) is 1.42. The second kappa shape index (κ2) is 2.98. The van der Waals surface area contributed by atoms with Gasteiger partial charge in [0.25, 0.3) is 0 Å². The third-order valence-corrected chi connectivity index (χ3v) is 2.26. The zero-order valence-electron chi connectivity index (χ0n) is 6.48. The van der Waals surface area contributed by atoms with Crippen molar-refractivity contribution in [2.24, 2.45) is 0 Å². The van der Waals surface area contributed by atoms with Crippen LogP contribution in [0.5, 0.6) is 5.88 Å². The molecule has 0 atom stereocenters. The maximum absolute atomic E-state index is 5.17. The van der Waals surface area contributed by atoms with E-state index >= 15 is 0 Å². The summed E-state index contributed by atoms with van der Waals surface area (Å²) in [6, 6.07) is 3.71. The molecule has 62 valence electrons. The van der Waals surface area contributed by atoms with Crippen molar-refractivity contribution in [1.82, 2.24) is 4.98 Å². The van der Waals surface area contributed by atoms with Crippen molar-refractivity contribution in [2.75, 3.05) is 7.11 Å². The van der Waals surface area contributed by atoms with E-state index in [2.05, 4.69) is 4.98 Å². The first-order valence-electron chi connectivity index (χ1n) is 3.43. The smallest absolute Gasteiger partial charge is 0.224 e. The standard InChI is InChI=1S/C8H7NO2S/c1-10-7-5-12-8(9-7)6-3-2-4-11-6/h2-5H,1H3. The Kier molecular flexibility index (Phi) is 1.83. The van der Waals surface area contributed by atoms with Gasteiger partial charge in [0.1, 0.15) is 0 Å². The second-order valence-corrected chi connectivity index (χ2v) is 3.03. The molecule has 0 aliphatic carbocycles. The predicted molar refractivity (Wildman–Crippen MR) is 46.4 cm³/mol. The minimum atomic E-state index is 0.631. The van der Waals surface area contributed by atoms with Crippen LogP contribution >= 0.6 is 11.3 Å². The van der Waals surface area contributed by atoms with Gasteiger partial charge in [-0.25, -0.2) is 0 Å². The first-order valence-corrected chi connectivity index (χ1v) is 4.31. The highest BCUT2D eigenvalue weighted by Gasteiger charge is 2.05. The molecular weight excluding hydrogens is 174 g/mol. The number of aromatic nitrogens is 1. The molecule has 4 heteroatoms. The molecule has 2 aromatic heterocycles. The molecule has 0 bridgehead atoms. The summed E-state index contributed by atoms with van der Waals surface area (Å²) in [4.78, 5) is 4.17. The maximum Gasteiger partial charge on any atom is 0.224 e. The van der Waals surface area contributed by atoms with Crippen LogP contribution in [-0.4, -0.2) is 12.1 Å². The lowest BCUT2D eigenvalue weighted by Crippen LogP contribution is -1.80. The van der Waals surface area contributed by atoms with Gasteiger partial charge in [-0.2, -0.15) is 4.98 Å². The van der Waals surface area contributed by atoms with Gasteiger partial charge in [0, 0.05) is 0 Å². The number of methoxy groups -OCH3 is 1. The van der Waals surface area contributed by atoms with Crippen molar-refractivity contribution in [1.29, 1.82) is 0 Å². The van der Waals surface area contributed by atoms with Crippen LogP contribution in [-0.2, 0) is 0 Å². The van der Waals surface area contributed by atoms with Crippen LogP contribution < -0.4 is 4.74 Å². The highest BCUT2D eigenvalue weighted by molar-refractivity contribution is 7.13. The molecule has 3 nitrogen and oxygen atoms in total. The summed E-state index contributed by atoms with van der Waals surface area (Å²) in [5.74, 6) is 1.41. The normalized spacial score (nSPS) is 10.1. The monoisotopic (exact) mass is 181 g/mol. The Bertz CT molecular complexity index is 353. The Morgan fingerprint density at radius 1 is 1.58 bits per heavy atom. The number of furan rings is 1. The van der Waals surface area contributed by atoms with Gasteiger partial charge in [0.15, 0.2) is 10.8 Å². The largest absolute Gasteiger partial charge is 0.480 e. The number of rotatable bonds is 2. The fraction of sp³-hybridized carbons (Fsp3) is 0.125. The van der Waals surface area contributed by atoms with Crippen molar-refractivity contribution in [3.63, 3.8) is 0 Å². The van der Waals surface area contributed by atoms with E-state index in [4.69, 9.17) is 9.15 Å². The summed E-state index contributed by atoms with van der Waals surface area (Å²) < 4.78 is 10.1. The summed E-state index contributed by atoms with van der Waals surface area (Å²) in [6.45, 7) is 0. The maximum atomic E-state index is 5.17. The first-order chi connectivity index (χ1) is 5.90. The predicted octanol–water partition coefficient (Wildman–Crippen LogP) is 2.41. The number of hydrogen-bond donors (Lipinski definition) is 0. The lowest BCUT2D eigenvalue weighted by Gasteiger charge is -1.88. The van der Waals surface area contributed by atoms with Crippen molar-refractivity contribution < 1.29 is 9.15 Å². The average Bonchev–Trinajstić information content (AvgIpc) is 2.75. The number of nitrogens with zero attached hydrogens (tertiary/aromatic N) is 1. The molecule has 0 amide bonds. The third kappa shape index (κ3) is 1.21. The number of hydrogen-bond acceptors (Lipinski definition) is 4. The molecule has 0 saturated carbocycles. The fourth-order valence-electron chi connectivity index (χ4n) is 0.866. The van der Waals surface area contributed by atoms with E-state index in [0.717, 1.165) is 10.8 Å². The first kappa shape index (κ1) is 7.36. The van der Waals surface area contributed by atoms with Crippen LogP contribution in [0.1, 0.15) is 0 Å². The fourth-order valence-corrected chi connectivity index (χ4v) is 1.60. The zero-order chi connectivity index (χ0) is 8.39. The molecule has 0 unspecified atom stereocenters. The van der Waals surface area contributed by atoms with Crippen LogP contribution in [0.25, 0.3) is 10.8 Å². The summed E-state index contributed by atoms with van der Waals surface area (Å²) in [6.07, 6.45) is 1.63. The molecule has 0 radical (unpaired) electrons. The summed E-state index contributed by atoms with van der Waals surface area (Å²) in [5, 5.41) is 2.69. The van der Waals surface area contributed by atoms with Gasteiger partial charge in [0.05, 0.1) is 18.8 Å². The Morgan fingerprint density at radius 2 is 2.50 bits per heavy atom. The Morgan fingerprint density at radius 3 is 3.08 bits per heavy atom. The van der Waals surface area contributed by atoms with E-state index in [1.807, 2.05) is 17.5 Å². The van der Waals surface area contributed by atoms with Gasteiger partial charge in [-0.1, -0.05) is 0 Å². The van der Waals surface area contributed by atoms with Crippen LogP contribution in [0.15, 0.2) is 28.2 Å². The van der Waals surface area contributed by atoms with Crippen molar-refractivity contribution in [3.05, 3.63) is 23.8 Å². The van der Waals surface area contributed by atoms with Gasteiger partial charge in [-0.3, -0.25) is 0 Å². The van der Waals surface area contributed by atoms with E-state index in [1.165, 1.54) is 11.3 Å². The second-order valence-electron chi connectivity index (χ2n) is 2.17. The van der Waals surface area contributed by atoms with Crippen molar-refractivity contribution in [2.45, 2.75) is 0 Å². The lowest BCUT2D eigenvalue weighted by molar-refractivity contribution is 0.401. The van der Waals surface area contributed by atoms with E-state index in [-0.39, 0.29) is 0 Å². The topological polar surface area (TPSA) is 35.3 Å². The molecule has 2 aromatic rings. The van der Waals surface area contributed by atoms with Gasteiger partial charge in [-0.15, -0.1) is 11.3 Å². The van der Waals surface area contributed by atoms with Crippen LogP contribution in [0.3, 0.4) is 0 Å². The Balaban J connectivity index is 2.35. The Labute approximate surface area is 73.6 Å². The van der Waals surface area contributed by atoms with E-state index in [9.17, 15) is 0 Å². The molecule has 0 aromatic carbocycles. The highest BCUT2D eigenvalue weighted by atomic mass is 32.1. The molecule has 0 spiro atoms. The molecular formula is C8H7NO2S. The molecule has 0 saturated heterocycles. The molecule has 0 N–H and O–H groups in total. The van der Waals surface area contributed by atoms with Crippen molar-refractivity contribution in [3.8, 4) is 16.6 Å². The van der Waals surface area contributed by atoms with E-state index in [0.29, 0.717) is 5.88 Å². The number of ether oxygens (including phenoxy) is 1. The minimum absolute atomic E-state index is 0.631. The number of thiazole rings is 1. The average molecular weight is 181 g/mol. The van der Waals surface area contributed by atoms with Crippen LogP contribution in [0.4, 0.5) is 0 Å². The zero-order valence-corrected chi connectivity index (χ0v) is 7.30. The van der Waals surface area contributed by atoms with Gasteiger partial charge >= 0.3 is 0 Å². The molecule has 2 heterocycles. The minimum Gasteiger partial charge on any atom is -0.480 e. The molecule has 2 rings (SSSR count). The Hall–Kier alpha value is -1.29. The quantitative estimate of drug-likeness (QED) is 0.713. The van der Waals surface area contributed by atoms with Crippen molar-refractivity contribution >= 4 is 11.3 Å². The van der Waals surface area contributed by atoms with Crippen LogP contribution in [0.2, 0.25) is 0 Å².